The van der Waals surface area contributed by atoms with Crippen LogP contribution in [0.25, 0.3) is 0 Å². The van der Waals surface area contributed by atoms with Gasteiger partial charge in [0.2, 0.25) is 0 Å². The molecular formula is C20H25CrO2. The number of rotatable bonds is 0. The zero-order valence-electron chi connectivity index (χ0n) is 13.9. The first-order valence-electron chi connectivity index (χ1n) is 8.75. The fraction of sp³-hybridized carbons (Fsp3) is 0.650. The third kappa shape index (κ3) is 1.95. The molecule has 0 aliphatic heterocycles. The quantitative estimate of drug-likeness (QED) is 0.659. The molecule has 4 rings (SSSR count). The second-order valence-corrected chi connectivity index (χ2v) is 8.63. The molecule has 0 amide bonds. The van der Waals surface area contributed by atoms with E-state index in [9.17, 15) is 10.2 Å². The van der Waals surface area contributed by atoms with Gasteiger partial charge in [0.1, 0.15) is 0 Å². The molecule has 0 saturated carbocycles. The van der Waals surface area contributed by atoms with Crippen molar-refractivity contribution in [1.29, 1.82) is 0 Å². The van der Waals surface area contributed by atoms with Gasteiger partial charge in [-0.3, -0.25) is 0 Å². The van der Waals surface area contributed by atoms with E-state index in [0.29, 0.717) is 11.8 Å². The molecule has 0 heterocycles. The van der Waals surface area contributed by atoms with Crippen molar-refractivity contribution in [3.8, 4) is 4.69 Å². The number of fused-ring (bicyclic) bond motifs is 4. The van der Waals surface area contributed by atoms with Crippen LogP contribution >= 0.6 is 0 Å². The number of aliphatic hydroxyl groups excluding tert-OH is 1. The summed E-state index contributed by atoms with van der Waals surface area (Å²) in [5, 5.41) is 21.0. The van der Waals surface area contributed by atoms with Gasteiger partial charge < -0.3 is 0 Å². The fourth-order valence-electron chi connectivity index (χ4n) is 5.68. The predicted molar refractivity (Wildman–Crippen MR) is 86.4 cm³/mol. The van der Waals surface area contributed by atoms with Crippen LogP contribution in [-0.4, -0.2) is 21.9 Å². The summed E-state index contributed by atoms with van der Waals surface area (Å²) in [6.07, 6.45) is 13.3. The number of hydrogen-bond donors (Lipinski definition) is 2. The van der Waals surface area contributed by atoms with E-state index >= 15 is 0 Å². The third-order valence-corrected chi connectivity index (χ3v) is 7.84. The van der Waals surface area contributed by atoms with Crippen molar-refractivity contribution >= 4 is 0 Å². The van der Waals surface area contributed by atoms with Gasteiger partial charge in [0.05, 0.1) is 0 Å². The zero-order valence-corrected chi connectivity index (χ0v) is 15.2. The van der Waals surface area contributed by atoms with E-state index in [0.717, 1.165) is 32.1 Å². The number of hydrogen-bond acceptors (Lipinski definition) is 2. The minimum absolute atomic E-state index is 0.0917. The average molecular weight is 349 g/mol. The maximum absolute atomic E-state index is 11.0. The third-order valence-electron chi connectivity index (χ3n) is 7.35. The van der Waals surface area contributed by atoms with E-state index in [4.69, 9.17) is 0 Å². The summed E-state index contributed by atoms with van der Waals surface area (Å²) in [6.45, 7) is 4.56. The fourth-order valence-corrected chi connectivity index (χ4v) is 6.15. The molecule has 6 atom stereocenters. The Kier molecular flexibility index (Phi) is 3.45. The van der Waals surface area contributed by atoms with Crippen LogP contribution in [0.15, 0.2) is 35.5 Å². The molecule has 123 valence electrons. The Morgan fingerprint density at radius 3 is 2.74 bits per heavy atom. The molecule has 2 nitrogen and oxygen atoms in total. The molecule has 0 aromatic rings. The van der Waals surface area contributed by atoms with E-state index in [-0.39, 0.29) is 16.9 Å². The summed E-state index contributed by atoms with van der Waals surface area (Å²) in [4.78, 5) is 0. The van der Waals surface area contributed by atoms with Crippen molar-refractivity contribution in [3.05, 3.63) is 35.5 Å². The Labute approximate surface area is 146 Å². The Balaban J connectivity index is 1.81. The van der Waals surface area contributed by atoms with Gasteiger partial charge in [-0.2, -0.15) is 0 Å². The van der Waals surface area contributed by atoms with E-state index < -0.39 is 5.60 Å². The summed E-state index contributed by atoms with van der Waals surface area (Å²) in [6, 6.07) is 0. The van der Waals surface area contributed by atoms with E-state index in [1.165, 1.54) is 0 Å². The SMILES string of the molecule is C[C@]12CCC3=C(CCC4C[C@@H](O)C=C[C@]34C)C1C=C[C@@]2(O)[C]#[Cr]. The Bertz CT molecular complexity index is 684. The molecule has 2 N–H and O–H groups in total. The van der Waals surface area contributed by atoms with Gasteiger partial charge in [-0.05, 0) is 0 Å². The van der Waals surface area contributed by atoms with Crippen molar-refractivity contribution in [2.45, 2.75) is 57.7 Å². The summed E-state index contributed by atoms with van der Waals surface area (Å²) in [5.74, 6) is 0.864. The van der Waals surface area contributed by atoms with Crippen LogP contribution in [0, 0.1) is 27.4 Å². The molecular weight excluding hydrogens is 324 g/mol. The topological polar surface area (TPSA) is 40.5 Å². The predicted octanol–water partition coefficient (Wildman–Crippen LogP) is 3.24. The van der Waals surface area contributed by atoms with Gasteiger partial charge in [-0.1, -0.05) is 0 Å². The van der Waals surface area contributed by atoms with Crippen molar-refractivity contribution in [1.82, 2.24) is 0 Å². The van der Waals surface area contributed by atoms with Gasteiger partial charge in [0.25, 0.3) is 0 Å². The molecule has 0 aromatic heterocycles. The monoisotopic (exact) mass is 349 g/mol. The second-order valence-electron chi connectivity index (χ2n) is 8.31. The van der Waals surface area contributed by atoms with E-state index in [1.54, 1.807) is 11.1 Å². The van der Waals surface area contributed by atoms with Gasteiger partial charge >= 0.3 is 146 Å². The summed E-state index contributed by atoms with van der Waals surface area (Å²) in [5.41, 5.74) is 2.08. The molecule has 3 heteroatoms. The Hall–Kier alpha value is -0.548. The first-order chi connectivity index (χ1) is 10.8. The first-order valence-corrected chi connectivity index (χ1v) is 9.39. The van der Waals surface area contributed by atoms with Crippen LogP contribution in [0.4, 0.5) is 0 Å². The molecule has 23 heavy (non-hydrogen) atoms. The van der Waals surface area contributed by atoms with Crippen LogP contribution < -0.4 is 0 Å². The molecule has 0 fully saturated rings. The van der Waals surface area contributed by atoms with Crippen LogP contribution in [0.5, 0.6) is 0 Å². The van der Waals surface area contributed by atoms with Crippen LogP contribution in [0.3, 0.4) is 0 Å². The van der Waals surface area contributed by atoms with Crippen LogP contribution in [0.1, 0.15) is 46.0 Å². The zero-order chi connectivity index (χ0) is 16.5. The van der Waals surface area contributed by atoms with E-state index in [1.807, 2.05) is 12.2 Å². The summed E-state index contributed by atoms with van der Waals surface area (Å²) in [7, 11) is 0. The van der Waals surface area contributed by atoms with Gasteiger partial charge in [-0.25, -0.2) is 0 Å². The van der Waals surface area contributed by atoms with Gasteiger partial charge in [0.15, 0.2) is 0 Å². The molecule has 0 saturated heterocycles. The molecule has 0 radical (unpaired) electrons. The van der Waals surface area contributed by atoms with Crippen molar-refractivity contribution in [3.63, 3.8) is 0 Å². The molecule has 0 aromatic carbocycles. The van der Waals surface area contributed by atoms with Crippen LogP contribution in [0.2, 0.25) is 0 Å². The molecule has 4 aliphatic rings. The van der Waals surface area contributed by atoms with Crippen molar-refractivity contribution in [2.75, 3.05) is 0 Å². The summed E-state index contributed by atoms with van der Waals surface area (Å²) >= 11 is 2.81. The van der Waals surface area contributed by atoms with Crippen LogP contribution in [-0.2, 0) is 15.7 Å². The minimum atomic E-state index is -0.952. The summed E-state index contributed by atoms with van der Waals surface area (Å²) < 4.78 is 3.02. The first kappa shape index (κ1) is 15.9. The standard InChI is InChI=1S/C20H25O2.Cr/c1-18-9-6-14(21)12-13(18)4-5-15-16(18)7-10-19(2)17(15)8-11-20(19,3)22;/h6,8-9,11,13-14,17,21-22H,4-5,7,10,12H2,1-2H3;/t13?,14-,17?,18-,19-,20-;/m0./s1. The average Bonchev–Trinajstić information content (AvgIpc) is 2.80. The Morgan fingerprint density at radius 2 is 2.00 bits per heavy atom. The van der Waals surface area contributed by atoms with Crippen molar-refractivity contribution < 1.29 is 25.9 Å². The maximum atomic E-state index is 11.0. The number of allylic oxidation sites excluding steroid dienone is 4. The molecule has 0 bridgehead atoms. The second kappa shape index (κ2) is 4.98. The Morgan fingerprint density at radius 1 is 1.22 bits per heavy atom. The normalized spacial score (nSPS) is 51.0. The van der Waals surface area contributed by atoms with Gasteiger partial charge in [0, 0.05) is 0 Å². The van der Waals surface area contributed by atoms with E-state index in [2.05, 4.69) is 46.3 Å². The number of aliphatic hydroxyl groups is 2. The van der Waals surface area contributed by atoms with Gasteiger partial charge in [-0.15, -0.1) is 0 Å². The van der Waals surface area contributed by atoms with Crippen molar-refractivity contribution in [2.24, 2.45) is 22.7 Å². The molecule has 2 unspecified atom stereocenters. The molecule has 0 spiro atoms. The molecule has 4 aliphatic carbocycles.